The van der Waals surface area contributed by atoms with E-state index in [1.165, 1.54) is 25.7 Å². The highest BCUT2D eigenvalue weighted by atomic mass is 16.5. The molecule has 2 aliphatic rings. The summed E-state index contributed by atoms with van der Waals surface area (Å²) in [5, 5.41) is 0. The first kappa shape index (κ1) is 18.2. The summed E-state index contributed by atoms with van der Waals surface area (Å²) in [7, 11) is 3.48. The van der Waals surface area contributed by atoms with Gasteiger partial charge < -0.3 is 14.5 Å². The van der Waals surface area contributed by atoms with E-state index in [4.69, 9.17) is 4.74 Å². The highest BCUT2D eigenvalue weighted by Crippen LogP contribution is 2.29. The Bertz CT molecular complexity index is 576. The van der Waals surface area contributed by atoms with E-state index in [1.54, 1.807) is 19.2 Å². The molecule has 2 heterocycles. The Balaban J connectivity index is 1.54. The van der Waals surface area contributed by atoms with Crippen LogP contribution < -0.4 is 4.74 Å². The van der Waals surface area contributed by atoms with Crippen molar-refractivity contribution in [3.8, 4) is 5.88 Å². The fourth-order valence-corrected chi connectivity index (χ4v) is 4.24. The largest absolute Gasteiger partial charge is 0.481 e. The molecule has 0 spiro atoms. The molecule has 5 heteroatoms. The van der Waals surface area contributed by atoms with Gasteiger partial charge in [0.15, 0.2) is 0 Å². The molecule has 0 bridgehead atoms. The van der Waals surface area contributed by atoms with E-state index in [1.807, 2.05) is 18.0 Å². The van der Waals surface area contributed by atoms with E-state index < -0.39 is 0 Å². The van der Waals surface area contributed by atoms with Crippen LogP contribution in [0.3, 0.4) is 0 Å². The second kappa shape index (κ2) is 8.17. The molecule has 1 aliphatic carbocycles. The molecule has 1 saturated carbocycles. The molecule has 0 unspecified atom stereocenters. The molecule has 0 radical (unpaired) electrons. The van der Waals surface area contributed by atoms with Crippen molar-refractivity contribution < 1.29 is 9.53 Å². The number of hydrogen-bond acceptors (Lipinski definition) is 4. The zero-order valence-electron chi connectivity index (χ0n) is 15.8. The predicted octanol–water partition coefficient (Wildman–Crippen LogP) is 3.21. The third-order valence-corrected chi connectivity index (χ3v) is 6.02. The number of hydrogen-bond donors (Lipinski definition) is 0. The first-order valence-electron chi connectivity index (χ1n) is 9.60. The lowest BCUT2D eigenvalue weighted by Gasteiger charge is -2.42. The number of nitrogens with zero attached hydrogens (tertiary/aromatic N) is 3. The second-order valence-corrected chi connectivity index (χ2v) is 7.66. The van der Waals surface area contributed by atoms with Crippen molar-refractivity contribution >= 4 is 5.91 Å². The Morgan fingerprint density at radius 2 is 1.84 bits per heavy atom. The number of likely N-dealkylation sites (tertiary alicyclic amines) is 1. The number of pyridine rings is 1. The van der Waals surface area contributed by atoms with Crippen LogP contribution in [0.4, 0.5) is 0 Å². The van der Waals surface area contributed by atoms with Gasteiger partial charge in [-0.15, -0.1) is 0 Å². The highest BCUT2D eigenvalue weighted by molar-refractivity contribution is 5.92. The number of piperidine rings is 1. The van der Waals surface area contributed by atoms with Gasteiger partial charge in [0.2, 0.25) is 5.88 Å². The van der Waals surface area contributed by atoms with E-state index >= 15 is 0 Å². The summed E-state index contributed by atoms with van der Waals surface area (Å²) in [4.78, 5) is 21.5. The van der Waals surface area contributed by atoms with E-state index in [-0.39, 0.29) is 5.91 Å². The summed E-state index contributed by atoms with van der Waals surface area (Å²) >= 11 is 0. The molecule has 0 N–H and O–H groups in total. The smallest absolute Gasteiger partial charge is 0.272 e. The maximum atomic E-state index is 12.7. The standard InChI is InChI=1S/C20H31N3O2/c1-15-7-9-17(10-8-15)23-13-11-16(12-14-23)22(2)20(24)18-5-4-6-19(21-18)25-3/h4-6,15-17H,7-14H2,1-3H3. The van der Waals surface area contributed by atoms with Gasteiger partial charge in [0.25, 0.3) is 5.91 Å². The SMILES string of the molecule is COc1cccc(C(=O)N(C)C2CCN(C3CCC(C)CC3)CC2)n1. The van der Waals surface area contributed by atoms with E-state index in [9.17, 15) is 4.79 Å². The van der Waals surface area contributed by atoms with Gasteiger partial charge in [-0.3, -0.25) is 4.79 Å². The Morgan fingerprint density at radius 1 is 1.16 bits per heavy atom. The van der Waals surface area contributed by atoms with Gasteiger partial charge in [-0.1, -0.05) is 13.0 Å². The number of ether oxygens (including phenoxy) is 1. The van der Waals surface area contributed by atoms with E-state index in [0.717, 1.165) is 37.9 Å². The quantitative estimate of drug-likeness (QED) is 0.841. The van der Waals surface area contributed by atoms with Gasteiger partial charge in [0, 0.05) is 38.3 Å². The molecule has 1 aliphatic heterocycles. The highest BCUT2D eigenvalue weighted by Gasteiger charge is 2.31. The van der Waals surface area contributed by atoms with Gasteiger partial charge >= 0.3 is 0 Å². The Kier molecular flexibility index (Phi) is 5.94. The number of amides is 1. The van der Waals surface area contributed by atoms with Crippen LogP contribution >= 0.6 is 0 Å². The molecule has 1 amide bonds. The van der Waals surface area contributed by atoms with E-state index in [2.05, 4.69) is 16.8 Å². The fourth-order valence-electron chi connectivity index (χ4n) is 4.24. The normalized spacial score (nSPS) is 25.6. The van der Waals surface area contributed by atoms with Crippen molar-refractivity contribution in [3.63, 3.8) is 0 Å². The van der Waals surface area contributed by atoms with Crippen molar-refractivity contribution in [3.05, 3.63) is 23.9 Å². The Morgan fingerprint density at radius 3 is 2.48 bits per heavy atom. The number of methoxy groups -OCH3 is 1. The van der Waals surface area contributed by atoms with Crippen LogP contribution in [0.1, 0.15) is 55.9 Å². The summed E-state index contributed by atoms with van der Waals surface area (Å²) < 4.78 is 5.13. The van der Waals surface area contributed by atoms with Crippen molar-refractivity contribution in [2.24, 2.45) is 5.92 Å². The zero-order chi connectivity index (χ0) is 17.8. The molecule has 0 aromatic carbocycles. The van der Waals surface area contributed by atoms with Gasteiger partial charge in [-0.05, 0) is 50.5 Å². The van der Waals surface area contributed by atoms with Gasteiger partial charge in [0.1, 0.15) is 5.69 Å². The van der Waals surface area contributed by atoms with Crippen LogP contribution in [-0.2, 0) is 0 Å². The molecule has 1 saturated heterocycles. The van der Waals surface area contributed by atoms with Crippen LogP contribution in [-0.4, -0.2) is 60.0 Å². The molecular weight excluding hydrogens is 314 g/mol. The lowest BCUT2D eigenvalue weighted by atomic mass is 9.85. The molecule has 1 aromatic heterocycles. The molecular formula is C20H31N3O2. The molecule has 2 fully saturated rings. The number of rotatable bonds is 4. The molecule has 3 rings (SSSR count). The summed E-state index contributed by atoms with van der Waals surface area (Å²) in [5.74, 6) is 1.37. The minimum Gasteiger partial charge on any atom is -0.481 e. The fraction of sp³-hybridized carbons (Fsp3) is 0.700. The van der Waals surface area contributed by atoms with Crippen molar-refractivity contribution in [1.29, 1.82) is 0 Å². The lowest BCUT2D eigenvalue weighted by Crippen LogP contribution is -2.49. The van der Waals surface area contributed by atoms with Crippen molar-refractivity contribution in [1.82, 2.24) is 14.8 Å². The number of carbonyl (C=O) groups is 1. The van der Waals surface area contributed by atoms with E-state index in [0.29, 0.717) is 17.6 Å². The average molecular weight is 345 g/mol. The van der Waals surface area contributed by atoms with Crippen LogP contribution in [0.2, 0.25) is 0 Å². The minimum absolute atomic E-state index is 0.0103. The van der Waals surface area contributed by atoms with Gasteiger partial charge in [-0.25, -0.2) is 4.98 Å². The first-order valence-corrected chi connectivity index (χ1v) is 9.60. The number of aromatic nitrogens is 1. The topological polar surface area (TPSA) is 45.7 Å². The second-order valence-electron chi connectivity index (χ2n) is 7.66. The zero-order valence-corrected chi connectivity index (χ0v) is 15.8. The van der Waals surface area contributed by atoms with Crippen LogP contribution in [0.5, 0.6) is 5.88 Å². The maximum absolute atomic E-state index is 12.7. The summed E-state index contributed by atoms with van der Waals surface area (Å²) in [6, 6.07) is 6.41. The lowest BCUT2D eigenvalue weighted by molar-refractivity contribution is 0.0534. The Hall–Kier alpha value is -1.62. The summed E-state index contributed by atoms with van der Waals surface area (Å²) in [6.07, 6.45) is 7.52. The average Bonchev–Trinajstić information content (AvgIpc) is 2.67. The third kappa shape index (κ3) is 4.32. The van der Waals surface area contributed by atoms with Crippen LogP contribution in [0.25, 0.3) is 0 Å². The molecule has 1 aromatic rings. The Labute approximate surface area is 151 Å². The van der Waals surface area contributed by atoms with Gasteiger partial charge in [-0.2, -0.15) is 0 Å². The summed E-state index contributed by atoms with van der Waals surface area (Å²) in [5.41, 5.74) is 0.463. The molecule has 138 valence electrons. The molecule has 5 nitrogen and oxygen atoms in total. The minimum atomic E-state index is -0.0103. The monoisotopic (exact) mass is 345 g/mol. The summed E-state index contributed by atoms with van der Waals surface area (Å²) in [6.45, 7) is 4.58. The molecule has 25 heavy (non-hydrogen) atoms. The molecule has 0 atom stereocenters. The van der Waals surface area contributed by atoms with Crippen LogP contribution in [0, 0.1) is 5.92 Å². The van der Waals surface area contributed by atoms with Gasteiger partial charge in [0.05, 0.1) is 7.11 Å². The third-order valence-electron chi connectivity index (χ3n) is 6.02. The van der Waals surface area contributed by atoms with Crippen LogP contribution in [0.15, 0.2) is 18.2 Å². The van der Waals surface area contributed by atoms with Crippen molar-refractivity contribution in [2.45, 2.75) is 57.5 Å². The number of carbonyl (C=O) groups excluding carboxylic acids is 1. The predicted molar refractivity (Wildman–Crippen MR) is 98.9 cm³/mol. The van der Waals surface area contributed by atoms with Crippen molar-refractivity contribution in [2.75, 3.05) is 27.2 Å². The first-order chi connectivity index (χ1) is 12.1. The maximum Gasteiger partial charge on any atom is 0.272 e.